The van der Waals surface area contributed by atoms with Crippen LogP contribution in [0.4, 0.5) is 0 Å². The summed E-state index contributed by atoms with van der Waals surface area (Å²) in [6, 6.07) is 15.9. The number of H-pyrrole nitrogens is 1. The summed E-state index contributed by atoms with van der Waals surface area (Å²) >= 11 is 0. The van der Waals surface area contributed by atoms with Crippen molar-refractivity contribution in [3.05, 3.63) is 65.9 Å². The molecule has 0 radical (unpaired) electrons. The van der Waals surface area contributed by atoms with E-state index < -0.39 is 10.2 Å². The molecule has 2 heterocycles. The Hall–Kier alpha value is -2.35. The number of nitrogens with zero attached hydrogens (tertiary/aromatic N) is 1. The number of methoxy groups -OCH3 is 1. The van der Waals surface area contributed by atoms with Crippen molar-refractivity contribution in [2.24, 2.45) is 0 Å². The van der Waals surface area contributed by atoms with E-state index in [1.165, 1.54) is 0 Å². The van der Waals surface area contributed by atoms with E-state index in [2.05, 4.69) is 15.8 Å². The predicted molar refractivity (Wildman–Crippen MR) is 120 cm³/mol. The highest BCUT2D eigenvalue weighted by Crippen LogP contribution is 2.31. The van der Waals surface area contributed by atoms with Crippen molar-refractivity contribution in [2.45, 2.75) is 31.6 Å². The number of rotatable bonds is 7. The molecule has 0 amide bonds. The second-order valence-corrected chi connectivity index (χ2v) is 9.54. The van der Waals surface area contributed by atoms with Gasteiger partial charge in [-0.05, 0) is 42.2 Å². The number of nitrogens with one attached hydrogen (secondary N) is 2. The smallest absolute Gasteiger partial charge is 0.279 e. The maximum atomic E-state index is 13.0. The Balaban J connectivity index is 1.63. The summed E-state index contributed by atoms with van der Waals surface area (Å²) in [6.45, 7) is 1.48. The zero-order chi connectivity index (χ0) is 21.0. The number of para-hydroxylation sites is 1. The Morgan fingerprint density at radius 3 is 2.43 bits per heavy atom. The quantitative estimate of drug-likeness (QED) is 0.598. The molecule has 1 saturated heterocycles. The van der Waals surface area contributed by atoms with Crippen molar-refractivity contribution in [2.75, 3.05) is 26.7 Å². The van der Waals surface area contributed by atoms with Gasteiger partial charge >= 0.3 is 0 Å². The molecule has 0 saturated carbocycles. The Kier molecular flexibility index (Phi) is 6.41. The summed E-state index contributed by atoms with van der Waals surface area (Å²) in [4.78, 5) is 3.32. The molecule has 2 aromatic carbocycles. The molecular weight excluding hydrogens is 398 g/mol. The van der Waals surface area contributed by atoms with Crippen LogP contribution < -0.4 is 9.46 Å². The molecule has 1 unspecified atom stereocenters. The SMILES string of the molecule is COc1ccc(C(CNS(=O)(=O)N2CCCCCC2)c2c[nH]c3ccccc23)cc1. The summed E-state index contributed by atoms with van der Waals surface area (Å²) in [5, 5.41) is 1.10. The number of aromatic amines is 1. The van der Waals surface area contributed by atoms with Crippen LogP contribution in [0.2, 0.25) is 0 Å². The second kappa shape index (κ2) is 9.20. The third-order valence-corrected chi connectivity index (χ3v) is 7.47. The molecule has 4 rings (SSSR count). The molecule has 7 heteroatoms. The van der Waals surface area contributed by atoms with Crippen molar-refractivity contribution in [1.82, 2.24) is 14.0 Å². The lowest BCUT2D eigenvalue weighted by molar-refractivity contribution is 0.413. The molecule has 1 fully saturated rings. The lowest BCUT2D eigenvalue weighted by Crippen LogP contribution is -2.42. The Morgan fingerprint density at radius 2 is 1.73 bits per heavy atom. The second-order valence-electron chi connectivity index (χ2n) is 7.78. The molecule has 1 atom stereocenters. The first-order valence-corrected chi connectivity index (χ1v) is 12.0. The van der Waals surface area contributed by atoms with Gasteiger partial charge in [0.05, 0.1) is 7.11 Å². The molecular formula is C23H29N3O3S. The van der Waals surface area contributed by atoms with Gasteiger partial charge in [-0.15, -0.1) is 0 Å². The van der Waals surface area contributed by atoms with Gasteiger partial charge in [-0.2, -0.15) is 12.7 Å². The van der Waals surface area contributed by atoms with Gasteiger partial charge in [-0.1, -0.05) is 43.2 Å². The third kappa shape index (κ3) is 4.53. The summed E-state index contributed by atoms with van der Waals surface area (Å²) in [5.74, 6) is 0.662. The van der Waals surface area contributed by atoms with E-state index in [9.17, 15) is 8.42 Å². The molecule has 3 aromatic rings. The largest absolute Gasteiger partial charge is 0.497 e. The van der Waals surface area contributed by atoms with Crippen LogP contribution in [0.5, 0.6) is 5.75 Å². The molecule has 2 N–H and O–H groups in total. The highest BCUT2D eigenvalue weighted by Gasteiger charge is 2.26. The third-order valence-electron chi connectivity index (χ3n) is 5.89. The Labute approximate surface area is 178 Å². The van der Waals surface area contributed by atoms with E-state index in [0.29, 0.717) is 19.6 Å². The van der Waals surface area contributed by atoms with E-state index in [0.717, 1.165) is 53.5 Å². The van der Waals surface area contributed by atoms with Crippen LogP contribution in [0.3, 0.4) is 0 Å². The highest BCUT2D eigenvalue weighted by molar-refractivity contribution is 7.87. The fourth-order valence-corrected chi connectivity index (χ4v) is 5.49. The van der Waals surface area contributed by atoms with Gasteiger partial charge < -0.3 is 9.72 Å². The summed E-state index contributed by atoms with van der Waals surface area (Å²) in [6.07, 6.45) is 6.02. The summed E-state index contributed by atoms with van der Waals surface area (Å²) < 4.78 is 35.8. The van der Waals surface area contributed by atoms with Crippen LogP contribution in [0.25, 0.3) is 10.9 Å². The van der Waals surface area contributed by atoms with E-state index >= 15 is 0 Å². The fraction of sp³-hybridized carbons (Fsp3) is 0.391. The molecule has 1 aliphatic heterocycles. The van der Waals surface area contributed by atoms with Crippen LogP contribution in [0.1, 0.15) is 42.7 Å². The van der Waals surface area contributed by atoms with Gasteiger partial charge in [-0.3, -0.25) is 0 Å². The number of ether oxygens (including phenoxy) is 1. The van der Waals surface area contributed by atoms with E-state index in [-0.39, 0.29) is 5.92 Å². The van der Waals surface area contributed by atoms with Gasteiger partial charge in [0, 0.05) is 42.7 Å². The van der Waals surface area contributed by atoms with Gasteiger partial charge in [0.1, 0.15) is 5.75 Å². The average molecular weight is 428 g/mol. The predicted octanol–water partition coefficient (Wildman–Crippen LogP) is 4.02. The van der Waals surface area contributed by atoms with Crippen molar-refractivity contribution in [3.63, 3.8) is 0 Å². The summed E-state index contributed by atoms with van der Waals surface area (Å²) in [7, 11) is -1.88. The van der Waals surface area contributed by atoms with Gasteiger partial charge in [0.2, 0.25) is 0 Å². The molecule has 1 aliphatic rings. The molecule has 6 nitrogen and oxygen atoms in total. The van der Waals surface area contributed by atoms with Crippen molar-refractivity contribution < 1.29 is 13.2 Å². The normalized spacial score (nSPS) is 17.0. The van der Waals surface area contributed by atoms with E-state index in [4.69, 9.17) is 4.74 Å². The number of fused-ring (bicyclic) bond motifs is 1. The molecule has 0 spiro atoms. The monoisotopic (exact) mass is 427 g/mol. The number of hydrogen-bond acceptors (Lipinski definition) is 3. The number of aromatic nitrogens is 1. The van der Waals surface area contributed by atoms with Crippen LogP contribution >= 0.6 is 0 Å². The van der Waals surface area contributed by atoms with Crippen LogP contribution in [-0.2, 0) is 10.2 Å². The number of hydrogen-bond donors (Lipinski definition) is 2. The summed E-state index contributed by atoms with van der Waals surface area (Å²) in [5.41, 5.74) is 3.16. The molecule has 160 valence electrons. The lowest BCUT2D eigenvalue weighted by Gasteiger charge is -2.23. The van der Waals surface area contributed by atoms with Crippen molar-refractivity contribution >= 4 is 21.1 Å². The van der Waals surface area contributed by atoms with Crippen LogP contribution in [0.15, 0.2) is 54.7 Å². The fourth-order valence-electron chi connectivity index (χ4n) is 4.19. The number of benzene rings is 2. The first-order chi connectivity index (χ1) is 14.6. The molecule has 1 aromatic heterocycles. The molecule has 30 heavy (non-hydrogen) atoms. The maximum absolute atomic E-state index is 13.0. The van der Waals surface area contributed by atoms with Gasteiger partial charge in [0.15, 0.2) is 0 Å². The lowest BCUT2D eigenvalue weighted by atomic mass is 9.91. The Bertz CT molecular complexity index is 1070. The van der Waals surface area contributed by atoms with Crippen molar-refractivity contribution in [1.29, 1.82) is 0 Å². The first kappa shape index (κ1) is 20.9. The minimum atomic E-state index is -3.52. The maximum Gasteiger partial charge on any atom is 0.279 e. The standard InChI is InChI=1S/C23H29N3O3S/c1-29-19-12-10-18(11-13-19)21(22-16-24-23-9-5-4-8-20(22)23)17-25-30(27,28)26-14-6-2-3-7-15-26/h4-5,8-13,16,21,24-25H,2-3,6-7,14-15,17H2,1H3. The average Bonchev–Trinajstić information content (AvgIpc) is 2.98. The van der Waals surface area contributed by atoms with E-state index in [1.807, 2.05) is 48.7 Å². The van der Waals surface area contributed by atoms with Gasteiger partial charge in [0.25, 0.3) is 10.2 Å². The van der Waals surface area contributed by atoms with Gasteiger partial charge in [-0.25, -0.2) is 4.72 Å². The van der Waals surface area contributed by atoms with Crippen LogP contribution in [-0.4, -0.2) is 44.5 Å². The van der Waals surface area contributed by atoms with Crippen molar-refractivity contribution in [3.8, 4) is 5.75 Å². The highest BCUT2D eigenvalue weighted by atomic mass is 32.2. The van der Waals surface area contributed by atoms with Crippen LogP contribution in [0, 0.1) is 0 Å². The van der Waals surface area contributed by atoms with E-state index in [1.54, 1.807) is 11.4 Å². The zero-order valence-electron chi connectivity index (χ0n) is 17.3. The zero-order valence-corrected chi connectivity index (χ0v) is 18.1. The topological polar surface area (TPSA) is 74.4 Å². The Morgan fingerprint density at radius 1 is 1.03 bits per heavy atom. The molecule has 0 aliphatic carbocycles. The minimum Gasteiger partial charge on any atom is -0.497 e. The first-order valence-electron chi connectivity index (χ1n) is 10.5. The minimum absolute atomic E-state index is 0.117. The molecule has 0 bridgehead atoms.